The molecule has 0 aliphatic heterocycles. The van der Waals surface area contributed by atoms with Crippen molar-refractivity contribution < 1.29 is 0 Å². The van der Waals surface area contributed by atoms with Gasteiger partial charge in [0.05, 0.1) is 11.4 Å². The summed E-state index contributed by atoms with van der Waals surface area (Å²) in [5, 5.41) is 3.43. The van der Waals surface area contributed by atoms with Gasteiger partial charge in [0, 0.05) is 27.4 Å². The fourth-order valence-corrected chi connectivity index (χ4v) is 1.63. The predicted molar refractivity (Wildman–Crippen MR) is 77.4 cm³/mol. The zero-order valence-electron chi connectivity index (χ0n) is 11.7. The van der Waals surface area contributed by atoms with Crippen LogP contribution in [0.15, 0.2) is 41.7 Å². The molecule has 0 aliphatic rings. The van der Waals surface area contributed by atoms with Crippen molar-refractivity contribution in [3.63, 3.8) is 0 Å². The minimum Gasteiger partial charge on any atom is -0.365 e. The Morgan fingerprint density at radius 3 is 2.41 bits per heavy atom. The molecule has 0 spiro atoms. The van der Waals surface area contributed by atoms with Crippen LogP contribution in [-0.2, 0) is 0 Å². The van der Waals surface area contributed by atoms with Crippen molar-refractivity contribution in [1.29, 1.82) is 0 Å². The normalized spacial score (nSPS) is 15.5. The zero-order valence-corrected chi connectivity index (χ0v) is 11.7. The fourth-order valence-electron chi connectivity index (χ4n) is 1.63. The van der Waals surface area contributed by atoms with Gasteiger partial charge in [0.1, 0.15) is 0 Å². The molecule has 0 saturated carbocycles. The van der Waals surface area contributed by atoms with Gasteiger partial charge in [-0.1, -0.05) is 18.7 Å². The lowest BCUT2D eigenvalue weighted by atomic mass is 9.88. The number of hydrogen-bond acceptors (Lipinski definition) is 3. The van der Waals surface area contributed by atoms with Gasteiger partial charge in [0.15, 0.2) is 0 Å². The molecule has 0 amide bonds. The first-order valence-electron chi connectivity index (χ1n) is 5.75. The molecule has 0 aromatic rings. The van der Waals surface area contributed by atoms with Crippen molar-refractivity contribution >= 4 is 6.21 Å². The molecule has 96 valence electrons. The van der Waals surface area contributed by atoms with Crippen molar-refractivity contribution in [2.75, 3.05) is 21.1 Å². The highest BCUT2D eigenvalue weighted by atomic mass is 15.2. The van der Waals surface area contributed by atoms with Gasteiger partial charge < -0.3 is 10.2 Å². The quantitative estimate of drug-likeness (QED) is 0.542. The third kappa shape index (κ3) is 4.47. The molecule has 0 fully saturated rings. The number of allylic oxidation sites excluding steroid dienone is 1. The van der Waals surface area contributed by atoms with E-state index in [-0.39, 0.29) is 5.54 Å². The monoisotopic (exact) mass is 235 g/mol. The zero-order chi connectivity index (χ0) is 13.5. The minimum absolute atomic E-state index is 0.225. The van der Waals surface area contributed by atoms with Gasteiger partial charge in [-0.25, -0.2) is 0 Å². The first kappa shape index (κ1) is 15.5. The first-order valence-corrected chi connectivity index (χ1v) is 5.75. The van der Waals surface area contributed by atoms with E-state index in [4.69, 9.17) is 0 Å². The van der Waals surface area contributed by atoms with Crippen molar-refractivity contribution in [1.82, 2.24) is 10.2 Å². The molecule has 0 heterocycles. The summed E-state index contributed by atoms with van der Waals surface area (Å²) in [4.78, 5) is 6.05. The Balaban J connectivity index is 5.14. The summed E-state index contributed by atoms with van der Waals surface area (Å²) in [5.41, 5.74) is 0.903. The van der Waals surface area contributed by atoms with Crippen LogP contribution in [-0.4, -0.2) is 37.8 Å². The van der Waals surface area contributed by atoms with Gasteiger partial charge in [-0.2, -0.15) is 0 Å². The predicted octanol–water partition coefficient (Wildman–Crippen LogP) is 2.59. The number of rotatable bonds is 7. The van der Waals surface area contributed by atoms with Crippen LogP contribution in [0.1, 0.15) is 20.3 Å². The van der Waals surface area contributed by atoms with Crippen LogP contribution in [0.4, 0.5) is 0 Å². The molecule has 0 bridgehead atoms. The van der Waals surface area contributed by atoms with Crippen LogP contribution in [0.2, 0.25) is 0 Å². The summed E-state index contributed by atoms with van der Waals surface area (Å²) in [6.07, 6.45) is 6.65. The maximum atomic E-state index is 4.10. The Morgan fingerprint density at radius 2 is 2.06 bits per heavy atom. The van der Waals surface area contributed by atoms with Gasteiger partial charge in [0.2, 0.25) is 0 Å². The van der Waals surface area contributed by atoms with Crippen molar-refractivity contribution in [3.8, 4) is 0 Å². The van der Waals surface area contributed by atoms with E-state index >= 15 is 0 Å². The number of nitrogens with zero attached hydrogens (tertiary/aromatic N) is 2. The summed E-state index contributed by atoms with van der Waals surface area (Å²) < 4.78 is 0. The molecule has 17 heavy (non-hydrogen) atoms. The van der Waals surface area contributed by atoms with E-state index < -0.39 is 0 Å². The van der Waals surface area contributed by atoms with Gasteiger partial charge in [0.25, 0.3) is 0 Å². The smallest absolute Gasteiger partial charge is 0.0940 e. The van der Waals surface area contributed by atoms with E-state index in [0.717, 1.165) is 17.8 Å². The second kappa shape index (κ2) is 6.94. The summed E-state index contributed by atoms with van der Waals surface area (Å²) in [6.45, 7) is 12.0. The van der Waals surface area contributed by atoms with E-state index in [1.54, 1.807) is 7.05 Å². The summed E-state index contributed by atoms with van der Waals surface area (Å²) >= 11 is 0. The second-order valence-electron chi connectivity index (χ2n) is 4.42. The van der Waals surface area contributed by atoms with E-state index in [1.807, 2.05) is 38.2 Å². The molecule has 0 aromatic carbocycles. The van der Waals surface area contributed by atoms with Crippen LogP contribution in [0, 0.1) is 0 Å². The molecule has 1 N–H and O–H groups in total. The Hall–Kier alpha value is -1.51. The van der Waals surface area contributed by atoms with Gasteiger partial charge >= 0.3 is 0 Å². The molecule has 3 nitrogen and oxygen atoms in total. The highest BCUT2D eigenvalue weighted by molar-refractivity contribution is 5.81. The van der Waals surface area contributed by atoms with Crippen molar-refractivity contribution in [2.45, 2.75) is 25.8 Å². The van der Waals surface area contributed by atoms with E-state index in [2.05, 4.69) is 36.5 Å². The fraction of sp³-hybridized carbons (Fsp3) is 0.500. The van der Waals surface area contributed by atoms with E-state index in [1.165, 1.54) is 0 Å². The molecule has 3 heteroatoms. The lowest BCUT2D eigenvalue weighted by Gasteiger charge is -2.35. The molecule has 0 rings (SSSR count). The second-order valence-corrected chi connectivity index (χ2v) is 4.42. The largest absolute Gasteiger partial charge is 0.365 e. The number of aliphatic imine (C=N–C) groups is 1. The third-order valence-corrected chi connectivity index (χ3v) is 2.73. The molecule has 1 atom stereocenters. The van der Waals surface area contributed by atoms with Gasteiger partial charge in [-0.15, -0.1) is 6.58 Å². The average molecular weight is 235 g/mol. The molecule has 0 aromatic heterocycles. The first-order chi connectivity index (χ1) is 7.91. The highest BCUT2D eigenvalue weighted by Gasteiger charge is 2.26. The standard InChI is InChI=1S/C14H25N3/c1-8-10-14(4,13(9-2)11-15-5)16-12(3)17(6)7/h8-9,11,16H,1,3,10H2,2,4-7H3/b13-9+,15-11?/t14-/m0/s1. The van der Waals surface area contributed by atoms with Gasteiger partial charge in [-0.05, 0) is 25.8 Å². The molecule has 0 saturated heterocycles. The molecule has 0 unspecified atom stereocenters. The van der Waals surface area contributed by atoms with Crippen LogP contribution in [0.5, 0.6) is 0 Å². The Labute approximate surface area is 106 Å². The highest BCUT2D eigenvalue weighted by Crippen LogP contribution is 2.21. The van der Waals surface area contributed by atoms with Gasteiger partial charge in [-0.3, -0.25) is 4.99 Å². The van der Waals surface area contributed by atoms with Crippen LogP contribution < -0.4 is 5.32 Å². The average Bonchev–Trinajstić information content (AvgIpc) is 2.25. The summed E-state index contributed by atoms with van der Waals surface area (Å²) in [7, 11) is 5.71. The lowest BCUT2D eigenvalue weighted by molar-refractivity contribution is 0.382. The van der Waals surface area contributed by atoms with Crippen LogP contribution in [0.3, 0.4) is 0 Å². The Bertz CT molecular complexity index is 326. The van der Waals surface area contributed by atoms with Crippen LogP contribution in [0.25, 0.3) is 0 Å². The topological polar surface area (TPSA) is 27.6 Å². The molecular formula is C14H25N3. The number of nitrogens with one attached hydrogen (secondary N) is 1. The van der Waals surface area contributed by atoms with Crippen molar-refractivity contribution in [3.05, 3.63) is 36.7 Å². The SMILES string of the molecule is C=CC[C@](C)(NC(=C)N(C)C)/C(C=NC)=C/C. The van der Waals surface area contributed by atoms with Crippen LogP contribution >= 0.6 is 0 Å². The van der Waals surface area contributed by atoms with Crippen molar-refractivity contribution in [2.24, 2.45) is 4.99 Å². The summed E-state index contributed by atoms with van der Waals surface area (Å²) in [5.74, 6) is 0.873. The molecule has 0 aliphatic carbocycles. The third-order valence-electron chi connectivity index (χ3n) is 2.73. The van der Waals surface area contributed by atoms with E-state index in [9.17, 15) is 0 Å². The molecular weight excluding hydrogens is 210 g/mol. The maximum Gasteiger partial charge on any atom is 0.0940 e. The maximum absolute atomic E-state index is 4.10. The summed E-state index contributed by atoms with van der Waals surface area (Å²) in [6, 6.07) is 0. The lowest BCUT2D eigenvalue weighted by Crippen LogP contribution is -2.46. The minimum atomic E-state index is -0.225. The Kier molecular flexibility index (Phi) is 6.33. The van der Waals surface area contributed by atoms with E-state index in [0.29, 0.717) is 0 Å². The Morgan fingerprint density at radius 1 is 1.47 bits per heavy atom. The molecule has 0 radical (unpaired) electrons. The number of hydrogen-bond donors (Lipinski definition) is 1.